The zero-order chi connectivity index (χ0) is 20.1. The molecular weight excluding hydrogens is 353 g/mol. The van der Waals surface area contributed by atoms with Gasteiger partial charge in [-0.25, -0.2) is 0 Å². The van der Waals surface area contributed by atoms with Gasteiger partial charge in [0.15, 0.2) is 0 Å². The molecule has 0 unspecified atom stereocenters. The van der Waals surface area contributed by atoms with Crippen molar-refractivity contribution < 1.29 is 34.7 Å². The third-order valence-corrected chi connectivity index (χ3v) is 5.03. The molecule has 0 amide bonds. The number of rotatable bonds is 7. The van der Waals surface area contributed by atoms with Crippen molar-refractivity contribution in [3.8, 4) is 0 Å². The van der Waals surface area contributed by atoms with E-state index in [0.29, 0.717) is 23.7 Å². The van der Waals surface area contributed by atoms with Crippen molar-refractivity contribution in [1.82, 2.24) is 0 Å². The first-order valence-electron chi connectivity index (χ1n) is 10.2. The molecule has 2 aromatic carbocycles. The van der Waals surface area contributed by atoms with E-state index >= 15 is 0 Å². The molecule has 0 aliphatic carbocycles. The first-order chi connectivity index (χ1) is 12.7. The largest absolute Gasteiger partial charge is 1.00 e. The number of hydrogen-bond acceptors (Lipinski definition) is 1. The number of benzene rings is 2. The molecule has 0 aliphatic heterocycles. The van der Waals surface area contributed by atoms with Crippen molar-refractivity contribution in [2.45, 2.75) is 79.1 Å². The smallest absolute Gasteiger partial charge is 0.259 e. The van der Waals surface area contributed by atoms with Gasteiger partial charge >= 0.3 is 29.6 Å². The van der Waals surface area contributed by atoms with Crippen molar-refractivity contribution in [2.24, 2.45) is 5.22 Å². The molecule has 0 bridgehead atoms. The predicted octanol–water partition coefficient (Wildman–Crippen LogP) is 3.97. The van der Waals surface area contributed by atoms with Gasteiger partial charge in [0.2, 0.25) is 0 Å². The maximum Gasteiger partial charge on any atom is 1.00 e. The zero-order valence-electron chi connectivity index (χ0n) is 19.2. The van der Waals surface area contributed by atoms with Crippen molar-refractivity contribution in [3.63, 3.8) is 0 Å². The van der Waals surface area contributed by atoms with Crippen LogP contribution in [-0.4, -0.2) is 0 Å². The SMILES string of the molecule is CC(C)c1cccc(C(C)C)c1[N-]N=[NH+]c1c(C(C)C)cccc1C(C)C.[Na+]. The van der Waals surface area contributed by atoms with Gasteiger partial charge in [-0.15, -0.1) is 5.43 Å². The molecule has 0 aromatic heterocycles. The summed E-state index contributed by atoms with van der Waals surface area (Å²) >= 11 is 0. The molecule has 0 atom stereocenters. The van der Waals surface area contributed by atoms with E-state index < -0.39 is 0 Å². The van der Waals surface area contributed by atoms with Crippen LogP contribution in [0, 0.1) is 0 Å². The van der Waals surface area contributed by atoms with Crippen LogP contribution in [0.3, 0.4) is 0 Å². The van der Waals surface area contributed by atoms with E-state index in [0.717, 1.165) is 11.4 Å². The molecule has 0 saturated heterocycles. The van der Waals surface area contributed by atoms with E-state index in [2.05, 4.69) is 108 Å². The molecule has 28 heavy (non-hydrogen) atoms. The zero-order valence-corrected chi connectivity index (χ0v) is 21.2. The Bertz CT molecular complexity index is 740. The third kappa shape index (κ3) is 5.92. The maximum absolute atomic E-state index is 4.66. The maximum atomic E-state index is 4.66. The molecule has 0 aliphatic rings. The summed E-state index contributed by atoms with van der Waals surface area (Å²) in [5, 5.41) is 7.74. The minimum Gasteiger partial charge on any atom is -0.259 e. The molecule has 0 heterocycles. The van der Waals surface area contributed by atoms with Crippen LogP contribution in [0.1, 0.15) is 101 Å². The van der Waals surface area contributed by atoms with Crippen LogP contribution < -0.4 is 34.7 Å². The Hall–Kier alpha value is -1.16. The van der Waals surface area contributed by atoms with Crippen LogP contribution in [0.25, 0.3) is 5.43 Å². The summed E-state index contributed by atoms with van der Waals surface area (Å²) in [5.74, 6) is 1.67. The number of nitrogens with one attached hydrogen (secondary N) is 1. The quantitative estimate of drug-likeness (QED) is 0.424. The van der Waals surface area contributed by atoms with Gasteiger partial charge in [0.25, 0.3) is 0 Å². The second-order valence-corrected chi connectivity index (χ2v) is 8.53. The van der Waals surface area contributed by atoms with Crippen LogP contribution in [0.2, 0.25) is 0 Å². The van der Waals surface area contributed by atoms with Gasteiger partial charge in [-0.2, -0.15) is 0 Å². The molecule has 4 heteroatoms. The van der Waals surface area contributed by atoms with Crippen molar-refractivity contribution >= 4 is 11.4 Å². The van der Waals surface area contributed by atoms with Crippen molar-refractivity contribution in [3.05, 3.63) is 64.1 Å². The van der Waals surface area contributed by atoms with E-state index in [1.807, 2.05) is 0 Å². The predicted molar refractivity (Wildman–Crippen MR) is 115 cm³/mol. The Morgan fingerprint density at radius 3 is 1.36 bits per heavy atom. The Morgan fingerprint density at radius 2 is 1.00 bits per heavy atom. The molecule has 2 rings (SSSR count). The van der Waals surface area contributed by atoms with Gasteiger partial charge in [0.1, 0.15) is 0 Å². The van der Waals surface area contributed by atoms with E-state index in [-0.39, 0.29) is 29.6 Å². The summed E-state index contributed by atoms with van der Waals surface area (Å²) in [7, 11) is 0. The minimum atomic E-state index is 0. The van der Waals surface area contributed by atoms with E-state index in [1.165, 1.54) is 22.3 Å². The van der Waals surface area contributed by atoms with E-state index in [9.17, 15) is 0 Å². The minimum absolute atomic E-state index is 0. The Balaban J connectivity index is 0.00000392. The first kappa shape index (κ1) is 24.9. The van der Waals surface area contributed by atoms with Crippen LogP contribution in [0.15, 0.2) is 41.6 Å². The third-order valence-electron chi connectivity index (χ3n) is 5.03. The molecule has 0 spiro atoms. The molecule has 2 aromatic rings. The molecule has 1 N–H and O–H groups in total. The Kier molecular flexibility index (Phi) is 9.89. The summed E-state index contributed by atoms with van der Waals surface area (Å²) in [6, 6.07) is 12.9. The van der Waals surface area contributed by atoms with Crippen LogP contribution in [-0.2, 0) is 0 Å². The summed E-state index contributed by atoms with van der Waals surface area (Å²) in [6.45, 7) is 17.7. The summed E-state index contributed by atoms with van der Waals surface area (Å²) < 4.78 is 0. The van der Waals surface area contributed by atoms with Gasteiger partial charge < -0.3 is 0 Å². The fourth-order valence-electron chi connectivity index (χ4n) is 3.43. The fraction of sp³-hybridized carbons (Fsp3) is 0.500. The number of para-hydroxylation sites is 1. The Morgan fingerprint density at radius 1 is 0.643 bits per heavy atom. The Labute approximate surface area is 193 Å². The van der Waals surface area contributed by atoms with Crippen LogP contribution in [0.4, 0.5) is 11.4 Å². The first-order valence-corrected chi connectivity index (χ1v) is 10.2. The molecule has 146 valence electrons. The number of hydrogen-bond donors (Lipinski definition) is 1. The average molecular weight is 389 g/mol. The number of nitrogens with zero attached hydrogens (tertiary/aromatic N) is 2. The monoisotopic (exact) mass is 388 g/mol. The van der Waals surface area contributed by atoms with Gasteiger partial charge in [-0.1, -0.05) is 97.0 Å². The van der Waals surface area contributed by atoms with Crippen molar-refractivity contribution in [1.29, 1.82) is 0 Å². The van der Waals surface area contributed by atoms with Crippen LogP contribution in [0.5, 0.6) is 0 Å². The summed E-state index contributed by atoms with van der Waals surface area (Å²) in [4.78, 5) is 0. The normalized spacial score (nSPS) is 11.7. The van der Waals surface area contributed by atoms with Gasteiger partial charge in [0.05, 0.1) is 11.4 Å². The topological polar surface area (TPSA) is 40.4 Å². The fourth-order valence-corrected chi connectivity index (χ4v) is 3.43. The van der Waals surface area contributed by atoms with Crippen LogP contribution >= 0.6 is 0 Å². The summed E-state index contributed by atoms with van der Waals surface area (Å²) in [6.07, 6.45) is 0. The van der Waals surface area contributed by atoms with Crippen molar-refractivity contribution in [2.75, 3.05) is 0 Å². The molecular formula is C24H35N3Na+. The van der Waals surface area contributed by atoms with Gasteiger partial charge in [0, 0.05) is 0 Å². The molecule has 0 saturated carbocycles. The molecule has 3 nitrogen and oxygen atoms in total. The van der Waals surface area contributed by atoms with Gasteiger partial charge in [-0.3, -0.25) is 5.11 Å². The summed E-state index contributed by atoms with van der Waals surface area (Å²) in [5.41, 5.74) is 11.8. The second kappa shape index (κ2) is 11.1. The average Bonchev–Trinajstić information content (AvgIpc) is 2.61. The van der Waals surface area contributed by atoms with Gasteiger partial charge in [-0.05, 0) is 45.9 Å². The molecule has 0 radical (unpaired) electrons. The standard InChI is InChI=1S/C24H34N3.Na/c1-15(2)19-11-9-12-20(16(3)4)23(19)25-27-26-24-21(17(5)6)13-10-14-22(24)18(7)8;/h9-18H,1-8H3;/q-1;+1/p+1. The molecule has 0 fully saturated rings. The van der Waals surface area contributed by atoms with E-state index in [4.69, 9.17) is 0 Å². The van der Waals surface area contributed by atoms with E-state index in [1.54, 1.807) is 0 Å². The second-order valence-electron chi connectivity index (χ2n) is 8.53.